The second-order valence-corrected chi connectivity index (χ2v) is 11.5. The number of likely N-dealkylation sites (tertiary alicyclic amines) is 2. The number of benzene rings is 2. The highest BCUT2D eigenvalue weighted by atomic mass is 19.1. The first-order chi connectivity index (χ1) is 17.8. The van der Waals surface area contributed by atoms with Crippen LogP contribution in [0.25, 0.3) is 0 Å². The summed E-state index contributed by atoms with van der Waals surface area (Å²) in [6.07, 6.45) is 3.29. The number of aliphatic hydroxyl groups excluding tert-OH is 1. The van der Waals surface area contributed by atoms with E-state index >= 15 is 0 Å². The monoisotopic (exact) mass is 509 g/mol. The average molecular weight is 510 g/mol. The lowest BCUT2D eigenvalue weighted by atomic mass is 9.60. The van der Waals surface area contributed by atoms with Gasteiger partial charge in [0.15, 0.2) is 0 Å². The number of nitrogens with zero attached hydrogens (tertiary/aromatic N) is 2. The molecule has 3 fully saturated rings. The van der Waals surface area contributed by atoms with Gasteiger partial charge < -0.3 is 15.6 Å². The summed E-state index contributed by atoms with van der Waals surface area (Å²) in [5, 5.41) is 10.3. The molecule has 1 unspecified atom stereocenters. The third kappa shape index (κ3) is 5.54. The van der Waals surface area contributed by atoms with Gasteiger partial charge in [-0.2, -0.15) is 0 Å². The molecule has 5 rings (SSSR count). The van der Waals surface area contributed by atoms with Gasteiger partial charge in [0.1, 0.15) is 11.9 Å². The molecule has 6 nitrogen and oxygen atoms in total. The van der Waals surface area contributed by atoms with Crippen molar-refractivity contribution in [1.82, 2.24) is 9.80 Å². The summed E-state index contributed by atoms with van der Waals surface area (Å²) in [4.78, 5) is 16.7. The summed E-state index contributed by atoms with van der Waals surface area (Å²) in [7, 11) is 0. The van der Waals surface area contributed by atoms with E-state index in [0.717, 1.165) is 57.3 Å². The Morgan fingerprint density at radius 3 is 2.49 bits per heavy atom. The summed E-state index contributed by atoms with van der Waals surface area (Å²) in [6, 6.07) is 17.6. The van der Waals surface area contributed by atoms with Crippen molar-refractivity contribution in [1.29, 1.82) is 0 Å². The quantitative estimate of drug-likeness (QED) is 0.555. The van der Waals surface area contributed by atoms with E-state index in [0.29, 0.717) is 19.0 Å². The number of primary amides is 1. The van der Waals surface area contributed by atoms with Crippen molar-refractivity contribution in [2.45, 2.75) is 69.2 Å². The van der Waals surface area contributed by atoms with Crippen molar-refractivity contribution < 1.29 is 19.0 Å². The maximum Gasteiger partial charge on any atom is 0.404 e. The van der Waals surface area contributed by atoms with Gasteiger partial charge in [-0.1, -0.05) is 49.4 Å². The largest absolute Gasteiger partial charge is 0.446 e. The van der Waals surface area contributed by atoms with Crippen molar-refractivity contribution in [3.63, 3.8) is 0 Å². The minimum Gasteiger partial charge on any atom is -0.446 e. The molecule has 2 aromatic rings. The van der Waals surface area contributed by atoms with Gasteiger partial charge in [0.25, 0.3) is 0 Å². The SMILES string of the molecule is CC(c1cccc(F)c1)([C@H](C1CCN(Cc2ccccc2)CC1)N1CC(O)C1)[C@H]1CCC[C@@H]1OC(N)=O. The van der Waals surface area contributed by atoms with Gasteiger partial charge in [-0.3, -0.25) is 9.80 Å². The van der Waals surface area contributed by atoms with Crippen LogP contribution in [0.2, 0.25) is 0 Å². The number of carbonyl (C=O) groups is 1. The summed E-state index contributed by atoms with van der Waals surface area (Å²) in [6.45, 7) is 6.41. The molecule has 0 spiro atoms. The molecule has 0 aromatic heterocycles. The molecule has 4 atom stereocenters. The number of aliphatic hydroxyl groups is 1. The maximum absolute atomic E-state index is 14.6. The molecular formula is C30H40FN3O3. The van der Waals surface area contributed by atoms with Crippen LogP contribution in [0.5, 0.6) is 0 Å². The number of halogens is 1. The minimum absolute atomic E-state index is 0.0203. The van der Waals surface area contributed by atoms with E-state index in [-0.39, 0.29) is 30.0 Å². The number of β-amino-alcohol motifs (C(OH)–C–C–N with tert-alkyl or cyclic N) is 1. The highest BCUT2D eigenvalue weighted by molar-refractivity contribution is 5.65. The second-order valence-electron chi connectivity index (χ2n) is 11.5. The Kier molecular flexibility index (Phi) is 7.84. The fourth-order valence-corrected chi connectivity index (χ4v) is 7.48. The molecule has 200 valence electrons. The fourth-order valence-electron chi connectivity index (χ4n) is 7.48. The van der Waals surface area contributed by atoms with Gasteiger partial charge in [0, 0.05) is 37.0 Å². The molecule has 2 saturated heterocycles. The Labute approximate surface area is 219 Å². The first-order valence-electron chi connectivity index (χ1n) is 13.7. The predicted octanol–water partition coefficient (Wildman–Crippen LogP) is 4.30. The lowest BCUT2D eigenvalue weighted by Gasteiger charge is -2.57. The van der Waals surface area contributed by atoms with Crippen LogP contribution in [-0.2, 0) is 16.7 Å². The third-order valence-corrected chi connectivity index (χ3v) is 9.16. The third-order valence-electron chi connectivity index (χ3n) is 9.16. The summed E-state index contributed by atoms with van der Waals surface area (Å²) in [5.74, 6) is 0.142. The Bertz CT molecular complexity index is 1060. The zero-order chi connectivity index (χ0) is 26.0. The smallest absolute Gasteiger partial charge is 0.404 e. The Morgan fingerprint density at radius 2 is 1.84 bits per heavy atom. The number of carbonyl (C=O) groups excluding carboxylic acids is 1. The van der Waals surface area contributed by atoms with Gasteiger partial charge in [0.05, 0.1) is 6.10 Å². The van der Waals surface area contributed by atoms with Crippen LogP contribution in [0.15, 0.2) is 54.6 Å². The molecule has 3 aliphatic rings. The van der Waals surface area contributed by atoms with Crippen LogP contribution in [0.3, 0.4) is 0 Å². The van der Waals surface area contributed by atoms with Crippen molar-refractivity contribution in [3.05, 3.63) is 71.5 Å². The Hall–Kier alpha value is -2.48. The van der Waals surface area contributed by atoms with Gasteiger partial charge in [-0.05, 0) is 74.4 Å². The van der Waals surface area contributed by atoms with Crippen LogP contribution < -0.4 is 5.73 Å². The lowest BCUT2D eigenvalue weighted by molar-refractivity contribution is -0.0893. The summed E-state index contributed by atoms with van der Waals surface area (Å²) in [5.41, 5.74) is 7.28. The van der Waals surface area contributed by atoms with Gasteiger partial charge in [-0.25, -0.2) is 9.18 Å². The molecule has 1 aliphatic carbocycles. The molecule has 7 heteroatoms. The lowest BCUT2D eigenvalue weighted by Crippen LogP contribution is -2.66. The molecule has 0 radical (unpaired) electrons. The zero-order valence-corrected chi connectivity index (χ0v) is 21.8. The summed E-state index contributed by atoms with van der Waals surface area (Å²) >= 11 is 0. The molecule has 2 aromatic carbocycles. The zero-order valence-electron chi connectivity index (χ0n) is 21.8. The molecule has 2 aliphatic heterocycles. The van der Waals surface area contributed by atoms with Crippen LogP contribution in [0.1, 0.15) is 50.2 Å². The Morgan fingerprint density at radius 1 is 1.11 bits per heavy atom. The van der Waals surface area contributed by atoms with E-state index in [1.165, 1.54) is 11.6 Å². The van der Waals surface area contributed by atoms with Gasteiger partial charge in [0.2, 0.25) is 0 Å². The van der Waals surface area contributed by atoms with E-state index in [1.807, 2.05) is 12.1 Å². The highest BCUT2D eigenvalue weighted by Gasteiger charge is 2.55. The van der Waals surface area contributed by atoms with Gasteiger partial charge >= 0.3 is 6.09 Å². The molecule has 2 heterocycles. The predicted molar refractivity (Wildman–Crippen MR) is 141 cm³/mol. The highest BCUT2D eigenvalue weighted by Crippen LogP contribution is 2.51. The normalized spacial score (nSPS) is 26.4. The number of rotatable bonds is 8. The number of amides is 1. The topological polar surface area (TPSA) is 79.0 Å². The van der Waals surface area contributed by atoms with Crippen LogP contribution in [0, 0.1) is 17.7 Å². The van der Waals surface area contributed by atoms with Crippen LogP contribution in [-0.4, -0.2) is 65.4 Å². The van der Waals surface area contributed by atoms with E-state index in [4.69, 9.17) is 10.5 Å². The van der Waals surface area contributed by atoms with Gasteiger partial charge in [-0.15, -0.1) is 0 Å². The number of hydrogen-bond acceptors (Lipinski definition) is 5. The molecule has 0 bridgehead atoms. The number of ether oxygens (including phenoxy) is 1. The van der Waals surface area contributed by atoms with E-state index in [2.05, 4.69) is 41.0 Å². The van der Waals surface area contributed by atoms with Crippen molar-refractivity contribution >= 4 is 6.09 Å². The standard InChI is InChI=1S/C30H40FN3O3/c1-30(23-9-5-10-24(31)17-23,26-11-6-12-27(26)37-29(32)36)28(34-19-25(35)20-34)22-13-15-33(16-14-22)18-21-7-3-2-4-8-21/h2-5,7-10,17,22,25-28,35H,6,11-16,18-20H2,1H3,(H2,32,36)/t26-,27-,28-,30?/m0/s1. The second kappa shape index (κ2) is 11.1. The van der Waals surface area contributed by atoms with Crippen LogP contribution in [0.4, 0.5) is 9.18 Å². The van der Waals surface area contributed by atoms with E-state index in [1.54, 1.807) is 12.1 Å². The number of nitrogens with two attached hydrogens (primary N) is 1. The molecule has 37 heavy (non-hydrogen) atoms. The maximum atomic E-state index is 14.6. The summed E-state index contributed by atoms with van der Waals surface area (Å²) < 4.78 is 20.3. The number of piperidine rings is 1. The van der Waals surface area contributed by atoms with Crippen LogP contribution >= 0.6 is 0 Å². The van der Waals surface area contributed by atoms with Crippen molar-refractivity contribution in [2.75, 3.05) is 26.2 Å². The molecule has 1 saturated carbocycles. The average Bonchev–Trinajstić information content (AvgIpc) is 3.32. The molecule has 1 amide bonds. The van der Waals surface area contributed by atoms with Crippen molar-refractivity contribution in [3.8, 4) is 0 Å². The minimum atomic E-state index is -0.747. The first-order valence-corrected chi connectivity index (χ1v) is 13.7. The van der Waals surface area contributed by atoms with E-state index < -0.39 is 11.5 Å². The molecular weight excluding hydrogens is 469 g/mol. The number of hydrogen-bond donors (Lipinski definition) is 2. The fraction of sp³-hybridized carbons (Fsp3) is 0.567. The molecule has 3 N–H and O–H groups in total. The van der Waals surface area contributed by atoms with E-state index in [9.17, 15) is 14.3 Å². The first kappa shape index (κ1) is 26.1. The Balaban J connectivity index is 1.45. The van der Waals surface area contributed by atoms with Crippen molar-refractivity contribution in [2.24, 2.45) is 17.6 Å².